The second-order valence-corrected chi connectivity index (χ2v) is 12.8. The maximum atomic E-state index is 13.9. The largest absolute Gasteiger partial charge is 0.416 e. The fourth-order valence-electron chi connectivity index (χ4n) is 6.39. The smallest absolute Gasteiger partial charge is 0.374 e. The maximum absolute atomic E-state index is 13.9. The Kier molecular flexibility index (Phi) is 6.84. The molecule has 3 aliphatic heterocycles. The highest BCUT2D eigenvalue weighted by Crippen LogP contribution is 2.45. The third-order valence-electron chi connectivity index (χ3n) is 7.77. The summed E-state index contributed by atoms with van der Waals surface area (Å²) >= 11 is 1.33. The van der Waals surface area contributed by atoms with Gasteiger partial charge in [0, 0.05) is 25.0 Å². The lowest BCUT2D eigenvalue weighted by Crippen LogP contribution is -2.65. The number of hydrogen-bond acceptors (Lipinski definition) is 7. The lowest BCUT2D eigenvalue weighted by molar-refractivity contribution is -0.137. The number of nitrogens with two attached hydrogens (primary N) is 1. The van der Waals surface area contributed by atoms with Gasteiger partial charge < -0.3 is 5.73 Å². The zero-order valence-corrected chi connectivity index (χ0v) is 21.0. The number of sulfonamides is 1. The highest BCUT2D eigenvalue weighted by atomic mass is 32.2. The van der Waals surface area contributed by atoms with Gasteiger partial charge in [-0.05, 0) is 81.6 Å². The molecule has 2 aromatic rings. The molecule has 192 valence electrons. The number of anilines is 1. The molecular formula is C23H30F3N5O2S2. The Morgan fingerprint density at radius 1 is 1.14 bits per heavy atom. The minimum absolute atomic E-state index is 0.169. The third kappa shape index (κ3) is 4.94. The minimum Gasteiger partial charge on any atom is -0.374 e. The minimum atomic E-state index is -4.60. The summed E-state index contributed by atoms with van der Waals surface area (Å²) < 4.78 is 69.3. The summed E-state index contributed by atoms with van der Waals surface area (Å²) in [5.41, 5.74) is 4.75. The predicted molar refractivity (Wildman–Crippen MR) is 127 cm³/mol. The Morgan fingerprint density at radius 2 is 1.91 bits per heavy atom. The summed E-state index contributed by atoms with van der Waals surface area (Å²) in [6.07, 6.45) is 1.29. The summed E-state index contributed by atoms with van der Waals surface area (Å²) in [5.74, 6) is 0.372. The average molecular weight is 530 g/mol. The van der Waals surface area contributed by atoms with Crippen LogP contribution >= 0.6 is 11.3 Å². The molecule has 3 aliphatic rings. The summed E-state index contributed by atoms with van der Waals surface area (Å²) in [4.78, 5) is 2.24. The van der Waals surface area contributed by atoms with Crippen molar-refractivity contribution in [2.75, 3.05) is 25.4 Å². The summed E-state index contributed by atoms with van der Waals surface area (Å²) in [6, 6.07) is 4.23. The van der Waals surface area contributed by atoms with E-state index in [0.717, 1.165) is 55.9 Å². The molecule has 35 heavy (non-hydrogen) atoms. The van der Waals surface area contributed by atoms with E-state index in [2.05, 4.69) is 15.1 Å². The van der Waals surface area contributed by atoms with Crippen LogP contribution in [0.2, 0.25) is 0 Å². The third-order valence-corrected chi connectivity index (χ3v) is 10.5. The fourth-order valence-corrected chi connectivity index (χ4v) is 8.84. The Labute approximate surface area is 207 Å². The van der Waals surface area contributed by atoms with Crippen LogP contribution in [0.25, 0.3) is 0 Å². The van der Waals surface area contributed by atoms with Gasteiger partial charge in [-0.2, -0.15) is 17.5 Å². The van der Waals surface area contributed by atoms with Gasteiger partial charge in [-0.1, -0.05) is 17.4 Å². The van der Waals surface area contributed by atoms with Crippen molar-refractivity contribution in [3.05, 3.63) is 34.8 Å². The zero-order valence-electron chi connectivity index (χ0n) is 19.3. The predicted octanol–water partition coefficient (Wildman–Crippen LogP) is 4.03. The van der Waals surface area contributed by atoms with Crippen LogP contribution in [-0.4, -0.2) is 59.5 Å². The first-order valence-electron chi connectivity index (χ1n) is 12.2. The molecule has 0 amide bonds. The van der Waals surface area contributed by atoms with Crippen LogP contribution in [0.4, 0.5) is 18.3 Å². The van der Waals surface area contributed by atoms with Gasteiger partial charge in [-0.25, -0.2) is 8.42 Å². The molecule has 0 radical (unpaired) electrons. The van der Waals surface area contributed by atoms with Gasteiger partial charge in [0.25, 0.3) is 0 Å². The number of benzene rings is 1. The SMILES string of the molecule is Nc1nnc(CCC[C@@H]2[C@H]3CCCN4CCC[C@@H](CN2S(=O)(=O)c2cccc(C(F)(F)F)c2)[C@@H]34)s1. The van der Waals surface area contributed by atoms with E-state index >= 15 is 0 Å². The van der Waals surface area contributed by atoms with Crippen LogP contribution in [-0.2, 0) is 22.6 Å². The molecule has 7 nitrogen and oxygen atoms in total. The summed E-state index contributed by atoms with van der Waals surface area (Å²) in [5, 5.41) is 9.13. The lowest BCUT2D eigenvalue weighted by Gasteiger charge is -2.57. The molecule has 0 spiro atoms. The number of hydrogen-bond donors (Lipinski definition) is 1. The van der Waals surface area contributed by atoms with E-state index in [4.69, 9.17) is 5.73 Å². The van der Waals surface area contributed by atoms with E-state index in [1.807, 2.05) is 0 Å². The molecule has 3 saturated heterocycles. The van der Waals surface area contributed by atoms with Gasteiger partial charge >= 0.3 is 6.18 Å². The van der Waals surface area contributed by atoms with Crippen molar-refractivity contribution in [3.63, 3.8) is 0 Å². The van der Waals surface area contributed by atoms with Crippen molar-refractivity contribution in [2.45, 2.75) is 68.1 Å². The molecule has 0 bridgehead atoms. The van der Waals surface area contributed by atoms with Crippen molar-refractivity contribution in [1.82, 2.24) is 19.4 Å². The van der Waals surface area contributed by atoms with E-state index in [-0.39, 0.29) is 22.8 Å². The van der Waals surface area contributed by atoms with E-state index in [9.17, 15) is 21.6 Å². The number of nitrogen functional groups attached to an aromatic ring is 1. The van der Waals surface area contributed by atoms with E-state index < -0.39 is 21.8 Å². The highest BCUT2D eigenvalue weighted by Gasteiger charge is 2.51. The number of aryl methyl sites for hydroxylation is 1. The van der Waals surface area contributed by atoms with Gasteiger partial charge in [0.1, 0.15) is 5.01 Å². The molecule has 1 aromatic carbocycles. The molecule has 0 unspecified atom stereocenters. The lowest BCUT2D eigenvalue weighted by atomic mass is 9.70. The number of alkyl halides is 3. The summed E-state index contributed by atoms with van der Waals surface area (Å²) in [7, 11) is -4.10. The van der Waals surface area contributed by atoms with Crippen LogP contribution in [0.15, 0.2) is 29.2 Å². The van der Waals surface area contributed by atoms with E-state index in [1.54, 1.807) is 0 Å². The second-order valence-electron chi connectivity index (χ2n) is 9.83. The van der Waals surface area contributed by atoms with Crippen LogP contribution in [0, 0.1) is 11.8 Å². The first kappa shape index (κ1) is 24.9. The molecule has 0 aliphatic carbocycles. The molecule has 2 N–H and O–H groups in total. The first-order chi connectivity index (χ1) is 16.6. The van der Waals surface area contributed by atoms with Gasteiger partial charge in [0.15, 0.2) is 0 Å². The van der Waals surface area contributed by atoms with Gasteiger partial charge in [0.2, 0.25) is 15.2 Å². The fraction of sp³-hybridized carbons (Fsp3) is 0.652. The molecule has 4 atom stereocenters. The molecule has 4 heterocycles. The first-order valence-corrected chi connectivity index (χ1v) is 14.4. The topological polar surface area (TPSA) is 92.4 Å². The number of nitrogens with zero attached hydrogens (tertiary/aromatic N) is 4. The molecule has 1 aromatic heterocycles. The highest BCUT2D eigenvalue weighted by molar-refractivity contribution is 7.89. The average Bonchev–Trinajstić information content (AvgIpc) is 3.25. The van der Waals surface area contributed by atoms with Crippen molar-refractivity contribution < 1.29 is 21.6 Å². The Hall–Kier alpha value is -1.76. The Morgan fingerprint density at radius 3 is 2.63 bits per heavy atom. The Bertz CT molecular complexity index is 1150. The number of rotatable bonds is 6. The summed E-state index contributed by atoms with van der Waals surface area (Å²) in [6.45, 7) is 2.43. The van der Waals surface area contributed by atoms with Crippen LogP contribution in [0.1, 0.15) is 49.1 Å². The molecule has 12 heteroatoms. The van der Waals surface area contributed by atoms with Crippen molar-refractivity contribution in [1.29, 1.82) is 0 Å². The van der Waals surface area contributed by atoms with Crippen molar-refractivity contribution in [2.24, 2.45) is 11.8 Å². The van der Waals surface area contributed by atoms with Crippen LogP contribution < -0.4 is 5.73 Å². The zero-order chi connectivity index (χ0) is 24.8. The van der Waals surface area contributed by atoms with E-state index in [0.29, 0.717) is 37.0 Å². The van der Waals surface area contributed by atoms with Gasteiger partial charge in [-0.3, -0.25) is 4.90 Å². The van der Waals surface area contributed by atoms with Crippen molar-refractivity contribution in [3.8, 4) is 0 Å². The monoisotopic (exact) mass is 529 g/mol. The van der Waals surface area contributed by atoms with Gasteiger partial charge in [0.05, 0.1) is 10.5 Å². The van der Waals surface area contributed by atoms with Gasteiger partial charge in [-0.15, -0.1) is 10.2 Å². The van der Waals surface area contributed by atoms with E-state index in [1.165, 1.54) is 27.8 Å². The molecular weight excluding hydrogens is 499 g/mol. The van der Waals surface area contributed by atoms with Crippen molar-refractivity contribution >= 4 is 26.5 Å². The second kappa shape index (κ2) is 9.60. The molecule has 3 fully saturated rings. The van der Waals surface area contributed by atoms with Crippen LogP contribution in [0.5, 0.6) is 0 Å². The van der Waals surface area contributed by atoms with Crippen LogP contribution in [0.3, 0.4) is 0 Å². The quantitative estimate of drug-likeness (QED) is 0.608. The maximum Gasteiger partial charge on any atom is 0.416 e. The Balaban J connectivity index is 1.46. The number of aromatic nitrogens is 2. The molecule has 0 saturated carbocycles. The molecule has 5 rings (SSSR count). The normalized spacial score (nSPS) is 28.1. The standard InChI is InChI=1S/C23H30F3N5O2S2/c24-23(25,26)16-6-1-7-17(13-16)35(32,33)31-14-15-5-3-11-30-12-4-8-18(21(15)30)19(31)9-2-10-20-28-29-22(27)34-20/h1,6-7,13,15,18-19,21H,2-5,8-12,14H2,(H2,27,29)/t15-,18+,19+,21-/m0/s1. The number of halogens is 3. The number of piperidine rings is 3.